The van der Waals surface area contributed by atoms with Crippen LogP contribution in [0.4, 0.5) is 5.69 Å². The molecule has 6 nitrogen and oxygen atoms in total. The maximum atomic E-state index is 12.7. The van der Waals surface area contributed by atoms with Crippen molar-refractivity contribution in [3.05, 3.63) is 30.3 Å². The van der Waals surface area contributed by atoms with E-state index in [4.69, 9.17) is 9.47 Å². The summed E-state index contributed by atoms with van der Waals surface area (Å²) in [5.41, 5.74) is -0.316. The number of carbonyl (C=O) groups excluding carboxylic acids is 2. The monoisotopic (exact) mass is 346 g/mol. The lowest BCUT2D eigenvalue weighted by atomic mass is 9.93. The lowest BCUT2D eigenvalue weighted by Crippen LogP contribution is -2.61. The smallest absolute Gasteiger partial charge is 0.253 e. The van der Waals surface area contributed by atoms with Crippen molar-refractivity contribution < 1.29 is 19.1 Å². The fraction of sp³-hybridized carbons (Fsp3) is 0.579. The zero-order valence-corrected chi connectivity index (χ0v) is 15.2. The van der Waals surface area contributed by atoms with Gasteiger partial charge in [-0.3, -0.25) is 9.59 Å². The molecule has 1 unspecified atom stereocenters. The quantitative estimate of drug-likeness (QED) is 0.776. The summed E-state index contributed by atoms with van der Waals surface area (Å²) in [5, 5.41) is 0. The molecule has 2 saturated heterocycles. The highest BCUT2D eigenvalue weighted by molar-refractivity contribution is 5.95. The molecular formula is C19H26N2O4. The van der Waals surface area contributed by atoms with E-state index in [1.165, 1.54) is 0 Å². The highest BCUT2D eigenvalue weighted by atomic mass is 16.6. The van der Waals surface area contributed by atoms with Crippen LogP contribution in [0.1, 0.15) is 20.8 Å². The van der Waals surface area contributed by atoms with Gasteiger partial charge in [0.25, 0.3) is 5.91 Å². The first-order chi connectivity index (χ1) is 11.8. The van der Waals surface area contributed by atoms with Gasteiger partial charge >= 0.3 is 0 Å². The Morgan fingerprint density at radius 2 is 1.88 bits per heavy atom. The second kappa shape index (κ2) is 6.77. The molecule has 6 heteroatoms. The molecule has 1 atom stereocenters. The van der Waals surface area contributed by atoms with E-state index in [2.05, 4.69) is 0 Å². The van der Waals surface area contributed by atoms with E-state index in [-0.39, 0.29) is 18.4 Å². The Balaban J connectivity index is 1.84. The number of benzene rings is 1. The Labute approximate surface area is 148 Å². The summed E-state index contributed by atoms with van der Waals surface area (Å²) < 4.78 is 11.7. The van der Waals surface area contributed by atoms with Crippen LogP contribution in [0.15, 0.2) is 30.3 Å². The van der Waals surface area contributed by atoms with Crippen molar-refractivity contribution in [3.8, 4) is 0 Å². The van der Waals surface area contributed by atoms with Crippen LogP contribution in [0, 0.1) is 5.41 Å². The Bertz CT molecular complexity index is 641. The normalized spacial score (nSPS) is 25.2. The number of carbonyl (C=O) groups is 2. The van der Waals surface area contributed by atoms with Gasteiger partial charge in [-0.15, -0.1) is 0 Å². The lowest BCUT2D eigenvalue weighted by Gasteiger charge is -2.43. The van der Waals surface area contributed by atoms with E-state index in [0.717, 1.165) is 5.69 Å². The van der Waals surface area contributed by atoms with Crippen molar-refractivity contribution in [1.82, 2.24) is 4.90 Å². The second-order valence-electron chi connectivity index (χ2n) is 7.82. The van der Waals surface area contributed by atoms with Gasteiger partial charge in [-0.25, -0.2) is 0 Å². The molecule has 136 valence electrons. The molecule has 2 heterocycles. The minimum Gasteiger partial charge on any atom is -0.376 e. The van der Waals surface area contributed by atoms with Crippen LogP contribution in [0.25, 0.3) is 0 Å². The summed E-state index contributed by atoms with van der Waals surface area (Å²) >= 11 is 0. The molecule has 1 aromatic carbocycles. The minimum absolute atomic E-state index is 0.00416. The topological polar surface area (TPSA) is 59.1 Å². The standard InChI is InChI=1S/C19H26N2O4/c1-18(2,3)17(23)20-9-10-24-14-19(12-20)13-21(16(22)11-25-19)15-7-5-4-6-8-15/h4-8H,9-14H2,1-3H3. The molecule has 2 fully saturated rings. The van der Waals surface area contributed by atoms with E-state index in [1.54, 1.807) is 4.90 Å². The van der Waals surface area contributed by atoms with Gasteiger partial charge in [0.05, 0.1) is 26.3 Å². The van der Waals surface area contributed by atoms with Crippen molar-refractivity contribution >= 4 is 17.5 Å². The molecule has 2 aliphatic heterocycles. The van der Waals surface area contributed by atoms with Crippen LogP contribution < -0.4 is 4.90 Å². The maximum absolute atomic E-state index is 12.7. The Kier molecular flexibility index (Phi) is 4.84. The molecule has 0 aromatic heterocycles. The van der Waals surface area contributed by atoms with E-state index in [9.17, 15) is 9.59 Å². The molecule has 1 spiro atoms. The number of hydrogen-bond donors (Lipinski definition) is 0. The highest BCUT2D eigenvalue weighted by Gasteiger charge is 2.45. The number of ether oxygens (including phenoxy) is 2. The van der Waals surface area contributed by atoms with Gasteiger partial charge in [-0.2, -0.15) is 0 Å². The van der Waals surface area contributed by atoms with Crippen molar-refractivity contribution in [3.63, 3.8) is 0 Å². The highest BCUT2D eigenvalue weighted by Crippen LogP contribution is 2.28. The Morgan fingerprint density at radius 1 is 1.16 bits per heavy atom. The number of amides is 2. The summed E-state index contributed by atoms with van der Waals surface area (Å²) in [5.74, 6) is -0.00101. The van der Waals surface area contributed by atoms with Crippen LogP contribution in [0.5, 0.6) is 0 Å². The number of nitrogens with zero attached hydrogens (tertiary/aromatic N) is 2. The van der Waals surface area contributed by atoms with E-state index in [1.807, 2.05) is 56.0 Å². The predicted molar refractivity (Wildman–Crippen MR) is 94.3 cm³/mol. The van der Waals surface area contributed by atoms with Crippen LogP contribution in [-0.2, 0) is 19.1 Å². The lowest BCUT2D eigenvalue weighted by molar-refractivity contribution is -0.152. The molecular weight excluding hydrogens is 320 g/mol. The van der Waals surface area contributed by atoms with Crippen molar-refractivity contribution in [1.29, 1.82) is 0 Å². The largest absolute Gasteiger partial charge is 0.376 e. The minimum atomic E-state index is -0.693. The molecule has 0 N–H and O–H groups in total. The first-order valence-corrected chi connectivity index (χ1v) is 8.67. The number of morpholine rings is 1. The number of hydrogen-bond acceptors (Lipinski definition) is 4. The van der Waals surface area contributed by atoms with Crippen molar-refractivity contribution in [2.75, 3.05) is 44.4 Å². The van der Waals surface area contributed by atoms with E-state index in [0.29, 0.717) is 32.8 Å². The zero-order valence-electron chi connectivity index (χ0n) is 15.2. The second-order valence-corrected chi connectivity index (χ2v) is 7.82. The van der Waals surface area contributed by atoms with Crippen LogP contribution >= 0.6 is 0 Å². The van der Waals surface area contributed by atoms with Gasteiger partial charge in [0, 0.05) is 17.6 Å². The summed E-state index contributed by atoms with van der Waals surface area (Å²) in [6.45, 7) is 7.93. The van der Waals surface area contributed by atoms with Gasteiger partial charge in [0.1, 0.15) is 12.2 Å². The third-order valence-electron chi connectivity index (χ3n) is 4.60. The number of para-hydroxylation sites is 1. The van der Waals surface area contributed by atoms with Crippen molar-refractivity contribution in [2.24, 2.45) is 5.41 Å². The fourth-order valence-electron chi connectivity index (χ4n) is 3.29. The SMILES string of the molecule is CC(C)(C)C(=O)N1CCOCC2(C1)CN(c1ccccc1)C(=O)CO2. The van der Waals surface area contributed by atoms with Gasteiger partial charge in [0.15, 0.2) is 0 Å². The maximum Gasteiger partial charge on any atom is 0.253 e. The number of rotatable bonds is 1. The van der Waals surface area contributed by atoms with Crippen molar-refractivity contribution in [2.45, 2.75) is 26.4 Å². The predicted octanol–water partition coefficient (Wildman–Crippen LogP) is 1.69. The van der Waals surface area contributed by atoms with E-state index < -0.39 is 11.0 Å². The third-order valence-corrected chi connectivity index (χ3v) is 4.60. The third kappa shape index (κ3) is 3.85. The molecule has 2 aliphatic rings. The zero-order chi connectivity index (χ0) is 18.1. The average Bonchev–Trinajstić information content (AvgIpc) is 2.79. The van der Waals surface area contributed by atoms with Gasteiger partial charge < -0.3 is 19.3 Å². The molecule has 25 heavy (non-hydrogen) atoms. The summed E-state index contributed by atoms with van der Waals surface area (Å²) in [6.07, 6.45) is 0. The summed E-state index contributed by atoms with van der Waals surface area (Å²) in [4.78, 5) is 28.7. The molecule has 0 bridgehead atoms. The molecule has 1 aromatic rings. The van der Waals surface area contributed by atoms with Crippen LogP contribution in [0.3, 0.4) is 0 Å². The van der Waals surface area contributed by atoms with Gasteiger partial charge in [0.2, 0.25) is 5.91 Å². The fourth-order valence-corrected chi connectivity index (χ4v) is 3.29. The van der Waals surface area contributed by atoms with Crippen LogP contribution in [0.2, 0.25) is 0 Å². The summed E-state index contributed by atoms with van der Waals surface area (Å²) in [7, 11) is 0. The number of anilines is 1. The molecule has 0 radical (unpaired) electrons. The van der Waals surface area contributed by atoms with E-state index >= 15 is 0 Å². The summed E-state index contributed by atoms with van der Waals surface area (Å²) in [6, 6.07) is 9.55. The first kappa shape index (κ1) is 17.9. The van der Waals surface area contributed by atoms with Crippen LogP contribution in [-0.4, -0.2) is 61.8 Å². The molecule has 2 amide bonds. The molecule has 3 rings (SSSR count). The average molecular weight is 346 g/mol. The molecule has 0 saturated carbocycles. The van der Waals surface area contributed by atoms with Gasteiger partial charge in [-0.05, 0) is 12.1 Å². The first-order valence-electron chi connectivity index (χ1n) is 8.67. The Hall–Kier alpha value is -1.92. The van der Waals surface area contributed by atoms with Gasteiger partial charge in [-0.1, -0.05) is 39.0 Å². The molecule has 0 aliphatic carbocycles. The Morgan fingerprint density at radius 3 is 2.56 bits per heavy atom.